The van der Waals surface area contributed by atoms with Crippen molar-refractivity contribution < 1.29 is 0 Å². The molecule has 0 fully saturated rings. The first-order valence-electron chi connectivity index (χ1n) is 4.65. The van der Waals surface area contributed by atoms with Gasteiger partial charge in [0.15, 0.2) is 0 Å². The summed E-state index contributed by atoms with van der Waals surface area (Å²) in [4.78, 5) is 4.26. The number of imidazole rings is 1. The van der Waals surface area contributed by atoms with Gasteiger partial charge in [-0.2, -0.15) is 11.8 Å². The normalized spacial score (nSPS) is 10.6. The highest BCUT2D eigenvalue weighted by molar-refractivity contribution is 7.99. The maximum Gasteiger partial charge on any atom is 0.0949 e. The van der Waals surface area contributed by atoms with Crippen LogP contribution in [-0.4, -0.2) is 27.6 Å². The first-order valence-corrected chi connectivity index (χ1v) is 5.80. The van der Waals surface area contributed by atoms with Crippen molar-refractivity contribution in [1.29, 1.82) is 0 Å². The summed E-state index contributed by atoms with van der Waals surface area (Å²) in [5.74, 6) is 2.35. The highest BCUT2D eigenvalue weighted by Crippen LogP contribution is 2.02. The Balaban J connectivity index is 2.31. The molecule has 0 atom stereocenters. The van der Waals surface area contributed by atoms with Gasteiger partial charge >= 0.3 is 0 Å². The largest absolute Gasteiger partial charge is 0.336 e. The average Bonchev–Trinajstić information content (AvgIpc) is 2.54. The van der Waals surface area contributed by atoms with E-state index in [2.05, 4.69) is 22.7 Å². The maximum atomic E-state index is 5.44. The van der Waals surface area contributed by atoms with Gasteiger partial charge in [0.1, 0.15) is 0 Å². The van der Waals surface area contributed by atoms with E-state index in [4.69, 9.17) is 5.73 Å². The van der Waals surface area contributed by atoms with Gasteiger partial charge in [-0.1, -0.05) is 6.92 Å². The van der Waals surface area contributed by atoms with Crippen molar-refractivity contribution in [1.82, 2.24) is 9.55 Å². The van der Waals surface area contributed by atoms with Gasteiger partial charge in [-0.15, -0.1) is 0 Å². The zero-order valence-corrected chi connectivity index (χ0v) is 8.89. The molecule has 0 aliphatic rings. The van der Waals surface area contributed by atoms with Crippen molar-refractivity contribution in [3.63, 3.8) is 0 Å². The van der Waals surface area contributed by atoms with Crippen LogP contribution in [0, 0.1) is 0 Å². The van der Waals surface area contributed by atoms with Gasteiger partial charge in [0.25, 0.3) is 0 Å². The van der Waals surface area contributed by atoms with Crippen LogP contribution < -0.4 is 5.73 Å². The number of nitrogens with two attached hydrogens (primary N) is 1. The zero-order chi connectivity index (χ0) is 9.52. The Hall–Kier alpha value is -0.480. The molecule has 0 saturated heterocycles. The highest BCUT2D eigenvalue weighted by Gasteiger charge is 1.96. The summed E-state index contributed by atoms with van der Waals surface area (Å²) in [6, 6.07) is 0. The highest BCUT2D eigenvalue weighted by atomic mass is 32.2. The van der Waals surface area contributed by atoms with Gasteiger partial charge < -0.3 is 10.3 Å². The van der Waals surface area contributed by atoms with E-state index >= 15 is 0 Å². The van der Waals surface area contributed by atoms with Crippen molar-refractivity contribution in [2.45, 2.75) is 19.9 Å². The molecule has 1 heterocycles. The number of aromatic nitrogens is 2. The molecule has 0 saturated carbocycles. The Morgan fingerprint density at radius 3 is 3.15 bits per heavy atom. The van der Waals surface area contributed by atoms with Crippen LogP contribution in [0.4, 0.5) is 0 Å². The second-order valence-electron chi connectivity index (χ2n) is 2.84. The van der Waals surface area contributed by atoms with Crippen molar-refractivity contribution in [2.75, 3.05) is 18.1 Å². The summed E-state index contributed by atoms with van der Waals surface area (Å²) in [6.45, 7) is 3.91. The minimum absolute atomic E-state index is 0.681. The summed E-state index contributed by atoms with van der Waals surface area (Å²) in [5.41, 5.74) is 6.54. The maximum absolute atomic E-state index is 5.44. The van der Waals surface area contributed by atoms with Crippen molar-refractivity contribution >= 4 is 11.8 Å². The van der Waals surface area contributed by atoms with E-state index in [0.29, 0.717) is 6.54 Å². The Bertz CT molecular complexity index is 235. The second-order valence-corrected chi connectivity index (χ2v) is 4.23. The van der Waals surface area contributed by atoms with Crippen LogP contribution in [0.5, 0.6) is 0 Å². The SMILES string of the molecule is CCSCCn1cnc(CCN)c1. The molecule has 0 amide bonds. The van der Waals surface area contributed by atoms with Crippen molar-refractivity contribution in [2.24, 2.45) is 5.73 Å². The molecular formula is C9H17N3S. The summed E-state index contributed by atoms with van der Waals surface area (Å²) in [7, 11) is 0. The van der Waals surface area contributed by atoms with Gasteiger partial charge in [-0.25, -0.2) is 4.98 Å². The lowest BCUT2D eigenvalue weighted by molar-refractivity contribution is 0.769. The third-order valence-electron chi connectivity index (χ3n) is 1.79. The standard InChI is InChI=1S/C9H17N3S/c1-2-13-6-5-12-7-9(3-4-10)11-8-12/h7-8H,2-6,10H2,1H3. The number of nitrogens with zero attached hydrogens (tertiary/aromatic N) is 2. The fraction of sp³-hybridized carbons (Fsp3) is 0.667. The van der Waals surface area contributed by atoms with Crippen LogP contribution in [0.1, 0.15) is 12.6 Å². The number of hydrogen-bond donors (Lipinski definition) is 1. The molecule has 13 heavy (non-hydrogen) atoms. The monoisotopic (exact) mass is 199 g/mol. The van der Waals surface area contributed by atoms with E-state index in [9.17, 15) is 0 Å². The van der Waals surface area contributed by atoms with Crippen LogP contribution in [0.3, 0.4) is 0 Å². The Kier molecular flexibility index (Phi) is 4.93. The van der Waals surface area contributed by atoms with E-state index in [1.165, 1.54) is 5.75 Å². The quantitative estimate of drug-likeness (QED) is 0.699. The number of aryl methyl sites for hydroxylation is 1. The van der Waals surface area contributed by atoms with Gasteiger partial charge in [0.05, 0.1) is 12.0 Å². The van der Waals surface area contributed by atoms with E-state index in [1.54, 1.807) is 0 Å². The van der Waals surface area contributed by atoms with E-state index in [0.717, 1.165) is 24.4 Å². The molecule has 0 bridgehead atoms. The predicted octanol–water partition coefficient (Wildman–Crippen LogP) is 1.14. The van der Waals surface area contributed by atoms with Gasteiger partial charge in [0, 0.05) is 24.9 Å². The Morgan fingerprint density at radius 1 is 1.62 bits per heavy atom. The van der Waals surface area contributed by atoms with Gasteiger partial charge in [0.2, 0.25) is 0 Å². The molecule has 0 aliphatic carbocycles. The van der Waals surface area contributed by atoms with Crippen LogP contribution in [0.15, 0.2) is 12.5 Å². The molecular weight excluding hydrogens is 182 g/mol. The number of hydrogen-bond acceptors (Lipinski definition) is 3. The topological polar surface area (TPSA) is 43.8 Å². The lowest BCUT2D eigenvalue weighted by Crippen LogP contribution is -2.03. The van der Waals surface area contributed by atoms with Gasteiger partial charge in [-0.3, -0.25) is 0 Å². The first kappa shape index (κ1) is 10.6. The lowest BCUT2D eigenvalue weighted by Gasteiger charge is -1.99. The van der Waals surface area contributed by atoms with Crippen molar-refractivity contribution in [3.05, 3.63) is 18.2 Å². The molecule has 4 heteroatoms. The summed E-state index contributed by atoms with van der Waals surface area (Å²) < 4.78 is 2.13. The minimum atomic E-state index is 0.681. The van der Waals surface area contributed by atoms with Crippen LogP contribution in [0.2, 0.25) is 0 Å². The fourth-order valence-corrected chi connectivity index (χ4v) is 1.75. The lowest BCUT2D eigenvalue weighted by atomic mass is 10.3. The molecule has 0 aliphatic heterocycles. The summed E-state index contributed by atoms with van der Waals surface area (Å²) >= 11 is 1.95. The first-order chi connectivity index (χ1) is 6.36. The molecule has 0 aromatic carbocycles. The third kappa shape index (κ3) is 3.83. The Labute approximate surface area is 83.7 Å². The fourth-order valence-electron chi connectivity index (χ4n) is 1.12. The number of thioether (sulfide) groups is 1. The molecule has 0 unspecified atom stereocenters. The van der Waals surface area contributed by atoms with Crippen LogP contribution in [0.25, 0.3) is 0 Å². The Morgan fingerprint density at radius 2 is 2.46 bits per heavy atom. The predicted molar refractivity (Wildman–Crippen MR) is 58.0 cm³/mol. The number of rotatable bonds is 6. The summed E-state index contributed by atoms with van der Waals surface area (Å²) in [5, 5.41) is 0. The molecule has 1 aromatic heterocycles. The molecule has 74 valence electrons. The van der Waals surface area contributed by atoms with E-state index in [-0.39, 0.29) is 0 Å². The zero-order valence-electron chi connectivity index (χ0n) is 8.07. The minimum Gasteiger partial charge on any atom is -0.336 e. The molecule has 1 aromatic rings. The second kappa shape index (κ2) is 6.05. The molecule has 0 spiro atoms. The smallest absolute Gasteiger partial charge is 0.0949 e. The molecule has 0 radical (unpaired) electrons. The molecule has 3 nitrogen and oxygen atoms in total. The molecule has 2 N–H and O–H groups in total. The third-order valence-corrected chi connectivity index (χ3v) is 2.66. The van der Waals surface area contributed by atoms with Crippen LogP contribution in [-0.2, 0) is 13.0 Å². The summed E-state index contributed by atoms with van der Waals surface area (Å²) in [6.07, 6.45) is 4.86. The van der Waals surface area contributed by atoms with E-state index < -0.39 is 0 Å². The van der Waals surface area contributed by atoms with Gasteiger partial charge in [-0.05, 0) is 12.3 Å². The van der Waals surface area contributed by atoms with Crippen LogP contribution >= 0.6 is 11.8 Å². The molecule has 1 rings (SSSR count). The van der Waals surface area contributed by atoms with Crippen molar-refractivity contribution in [3.8, 4) is 0 Å². The van der Waals surface area contributed by atoms with E-state index in [1.807, 2.05) is 18.1 Å². The average molecular weight is 199 g/mol.